The molecule has 0 bridgehead atoms. The lowest BCUT2D eigenvalue weighted by Gasteiger charge is -2.07. The quantitative estimate of drug-likeness (QED) is 0.654. The molecule has 0 fully saturated rings. The van der Waals surface area contributed by atoms with Crippen molar-refractivity contribution in [1.29, 1.82) is 0 Å². The molecule has 0 spiro atoms. The molecule has 0 saturated heterocycles. The molecule has 1 N–H and O–H groups in total. The van der Waals surface area contributed by atoms with E-state index in [2.05, 4.69) is 30.9 Å². The van der Waals surface area contributed by atoms with E-state index in [9.17, 15) is 9.90 Å². The van der Waals surface area contributed by atoms with Gasteiger partial charge in [-0.25, -0.2) is 0 Å². The molecule has 5 heteroatoms. The van der Waals surface area contributed by atoms with Gasteiger partial charge in [0.2, 0.25) is 0 Å². The third-order valence-corrected chi connectivity index (χ3v) is 5.13. The number of hydrogen-bond acceptors (Lipinski definition) is 5. The molecule has 23 heavy (non-hydrogen) atoms. The molecule has 0 unspecified atom stereocenters. The van der Waals surface area contributed by atoms with Gasteiger partial charge < -0.3 is 9.84 Å². The minimum atomic E-state index is -0.958. The first-order valence-electron chi connectivity index (χ1n) is 7.46. The largest absolute Gasteiger partial charge is 0.462 e. The molecule has 0 radical (unpaired) electrons. The number of hydrogen-bond donors (Lipinski definition) is 1. The Morgan fingerprint density at radius 3 is 2.57 bits per heavy atom. The van der Waals surface area contributed by atoms with Crippen LogP contribution in [0.4, 0.5) is 0 Å². The molecule has 2 rings (SSSR count). The van der Waals surface area contributed by atoms with Crippen LogP contribution in [0.1, 0.15) is 30.0 Å². The van der Waals surface area contributed by atoms with Crippen molar-refractivity contribution in [3.63, 3.8) is 0 Å². The zero-order valence-corrected chi connectivity index (χ0v) is 15.1. The Kier molecular flexibility index (Phi) is 6.40. The van der Waals surface area contributed by atoms with Crippen molar-refractivity contribution in [3.05, 3.63) is 34.0 Å². The fourth-order valence-corrected chi connectivity index (χ4v) is 3.69. The van der Waals surface area contributed by atoms with Gasteiger partial charge in [0.25, 0.3) is 0 Å². The Morgan fingerprint density at radius 2 is 1.91 bits per heavy atom. The maximum absolute atomic E-state index is 11.4. The predicted octanol–water partition coefficient (Wildman–Crippen LogP) is 4.09. The van der Waals surface area contributed by atoms with Gasteiger partial charge in [-0.15, -0.1) is 22.7 Å². The monoisotopic (exact) mass is 348 g/mol. The average Bonchev–Trinajstić information content (AvgIpc) is 3.11. The number of ether oxygens (including phenoxy) is 1. The number of carbonyl (C=O) groups excluding carboxylic acids is 1. The molecular weight excluding hydrogens is 328 g/mol. The lowest BCUT2D eigenvalue weighted by atomic mass is 10.1. The van der Waals surface area contributed by atoms with Crippen LogP contribution in [0.2, 0.25) is 0 Å². The molecule has 0 amide bonds. The highest BCUT2D eigenvalue weighted by Crippen LogP contribution is 2.32. The molecule has 3 nitrogen and oxygen atoms in total. The third-order valence-electron chi connectivity index (χ3n) is 2.93. The third kappa shape index (κ3) is 5.83. The Bertz CT molecular complexity index is 716. The summed E-state index contributed by atoms with van der Waals surface area (Å²) in [6.45, 7) is 5.89. The SMILES string of the molecule is Cc1ccc(-c2ccc(C#C[C@@H](O)COC(=O)CC(C)C)s2)s1. The summed E-state index contributed by atoms with van der Waals surface area (Å²) >= 11 is 3.34. The van der Waals surface area contributed by atoms with E-state index in [-0.39, 0.29) is 18.5 Å². The second kappa shape index (κ2) is 8.30. The number of esters is 1. The fraction of sp³-hybridized carbons (Fsp3) is 0.389. The minimum Gasteiger partial charge on any atom is -0.462 e. The predicted molar refractivity (Wildman–Crippen MR) is 95.7 cm³/mol. The van der Waals surface area contributed by atoms with Gasteiger partial charge in [-0.2, -0.15) is 0 Å². The number of thiophene rings is 2. The number of rotatable bonds is 5. The van der Waals surface area contributed by atoms with Gasteiger partial charge in [-0.05, 0) is 37.1 Å². The number of aliphatic hydroxyl groups is 1. The Hall–Kier alpha value is -1.61. The van der Waals surface area contributed by atoms with Crippen LogP contribution in [-0.4, -0.2) is 23.8 Å². The van der Waals surface area contributed by atoms with Crippen LogP contribution in [0.15, 0.2) is 24.3 Å². The van der Waals surface area contributed by atoms with Crippen LogP contribution in [0.5, 0.6) is 0 Å². The normalized spacial score (nSPS) is 11.9. The van der Waals surface area contributed by atoms with Crippen molar-refractivity contribution in [1.82, 2.24) is 0 Å². The summed E-state index contributed by atoms with van der Waals surface area (Å²) in [5.41, 5.74) is 0. The average molecular weight is 348 g/mol. The van der Waals surface area contributed by atoms with Gasteiger partial charge in [-0.3, -0.25) is 4.79 Å². The molecule has 0 saturated carbocycles. The van der Waals surface area contributed by atoms with Gasteiger partial charge in [0.15, 0.2) is 0 Å². The van der Waals surface area contributed by atoms with Gasteiger partial charge >= 0.3 is 5.97 Å². The van der Waals surface area contributed by atoms with Crippen LogP contribution < -0.4 is 0 Å². The summed E-state index contributed by atoms with van der Waals surface area (Å²) in [5, 5.41) is 9.78. The molecular formula is C18H20O3S2. The zero-order chi connectivity index (χ0) is 16.8. The standard InChI is InChI=1S/C18H20O3S2/c1-12(2)10-18(20)21-11-14(19)5-6-15-7-9-17(23-15)16-8-4-13(3)22-16/h4,7-9,12,14,19H,10-11H2,1-3H3/t14-/m1/s1. The highest BCUT2D eigenvalue weighted by atomic mass is 32.1. The summed E-state index contributed by atoms with van der Waals surface area (Å²) in [7, 11) is 0. The fourth-order valence-electron chi connectivity index (χ4n) is 1.86. The molecule has 1 atom stereocenters. The molecule has 0 aliphatic rings. The van der Waals surface area contributed by atoms with E-state index in [4.69, 9.17) is 4.74 Å². The van der Waals surface area contributed by atoms with Crippen molar-refractivity contribution in [2.75, 3.05) is 6.61 Å². The second-order valence-electron chi connectivity index (χ2n) is 5.64. The Morgan fingerprint density at radius 1 is 1.22 bits per heavy atom. The summed E-state index contributed by atoms with van der Waals surface area (Å²) in [6, 6.07) is 8.18. The second-order valence-corrected chi connectivity index (χ2v) is 8.01. The van der Waals surface area contributed by atoms with Crippen molar-refractivity contribution in [2.24, 2.45) is 5.92 Å². The van der Waals surface area contributed by atoms with Gasteiger partial charge in [-0.1, -0.05) is 25.7 Å². The summed E-state index contributed by atoms with van der Waals surface area (Å²) < 4.78 is 4.99. The highest BCUT2D eigenvalue weighted by Gasteiger charge is 2.09. The molecule has 0 aliphatic heterocycles. The topological polar surface area (TPSA) is 46.5 Å². The number of aryl methyl sites for hydroxylation is 1. The van der Waals surface area contributed by atoms with E-state index in [1.807, 2.05) is 26.0 Å². The van der Waals surface area contributed by atoms with E-state index in [0.717, 1.165) is 4.88 Å². The van der Waals surface area contributed by atoms with E-state index >= 15 is 0 Å². The van der Waals surface area contributed by atoms with Crippen LogP contribution >= 0.6 is 22.7 Å². The van der Waals surface area contributed by atoms with E-state index in [1.165, 1.54) is 14.6 Å². The van der Waals surface area contributed by atoms with Crippen molar-refractivity contribution >= 4 is 28.6 Å². The van der Waals surface area contributed by atoms with Crippen molar-refractivity contribution < 1.29 is 14.6 Å². The smallest absolute Gasteiger partial charge is 0.306 e. The first kappa shape index (κ1) is 17.7. The van der Waals surface area contributed by atoms with E-state index < -0.39 is 6.10 Å². The summed E-state index contributed by atoms with van der Waals surface area (Å²) in [5.74, 6) is 5.61. The maximum atomic E-state index is 11.4. The summed E-state index contributed by atoms with van der Waals surface area (Å²) in [6.07, 6.45) is -0.602. The van der Waals surface area contributed by atoms with Crippen LogP contribution in [0, 0.1) is 24.7 Å². The number of carbonyl (C=O) groups is 1. The van der Waals surface area contributed by atoms with Crippen LogP contribution in [0.25, 0.3) is 9.75 Å². The summed E-state index contributed by atoms with van der Waals surface area (Å²) in [4.78, 5) is 16.0. The van der Waals surface area contributed by atoms with Crippen molar-refractivity contribution in [2.45, 2.75) is 33.3 Å². The molecule has 122 valence electrons. The van der Waals surface area contributed by atoms with Gasteiger partial charge in [0.1, 0.15) is 12.7 Å². The Labute approximate surface area is 144 Å². The molecule has 2 aromatic rings. The van der Waals surface area contributed by atoms with Gasteiger partial charge in [0.05, 0.1) is 4.88 Å². The molecule has 0 aliphatic carbocycles. The number of aliphatic hydroxyl groups excluding tert-OH is 1. The maximum Gasteiger partial charge on any atom is 0.306 e. The van der Waals surface area contributed by atoms with Crippen LogP contribution in [-0.2, 0) is 9.53 Å². The molecule has 0 aromatic carbocycles. The minimum absolute atomic E-state index is 0.0824. The van der Waals surface area contributed by atoms with Crippen molar-refractivity contribution in [3.8, 4) is 21.6 Å². The van der Waals surface area contributed by atoms with E-state index in [0.29, 0.717) is 6.42 Å². The highest BCUT2D eigenvalue weighted by molar-refractivity contribution is 7.22. The van der Waals surface area contributed by atoms with E-state index in [1.54, 1.807) is 22.7 Å². The molecule has 2 heterocycles. The first-order chi connectivity index (χ1) is 10.9. The van der Waals surface area contributed by atoms with Gasteiger partial charge in [0, 0.05) is 21.1 Å². The Balaban J connectivity index is 1.89. The lowest BCUT2D eigenvalue weighted by Crippen LogP contribution is -2.17. The zero-order valence-electron chi connectivity index (χ0n) is 13.5. The first-order valence-corrected chi connectivity index (χ1v) is 9.09. The molecule has 2 aromatic heterocycles. The van der Waals surface area contributed by atoms with Crippen LogP contribution in [0.3, 0.4) is 0 Å². The lowest BCUT2D eigenvalue weighted by molar-refractivity contribution is -0.146.